The van der Waals surface area contributed by atoms with Gasteiger partial charge in [-0.05, 0) is 51.3 Å². The van der Waals surface area contributed by atoms with Gasteiger partial charge in [-0.25, -0.2) is 4.98 Å². The van der Waals surface area contributed by atoms with Crippen molar-refractivity contribution >= 4 is 17.5 Å². The first-order valence-electron chi connectivity index (χ1n) is 7.45. The van der Waals surface area contributed by atoms with Crippen molar-refractivity contribution in [3.63, 3.8) is 0 Å². The summed E-state index contributed by atoms with van der Waals surface area (Å²) in [5.41, 5.74) is 4.48. The van der Waals surface area contributed by atoms with Crippen LogP contribution in [0.4, 0.5) is 17.5 Å². The van der Waals surface area contributed by atoms with Gasteiger partial charge in [0, 0.05) is 23.5 Å². The van der Waals surface area contributed by atoms with Crippen LogP contribution in [-0.4, -0.2) is 16.0 Å². The monoisotopic (exact) mass is 284 g/mol. The molecule has 0 amide bonds. The second kappa shape index (κ2) is 6.57. The average Bonchev–Trinajstić information content (AvgIpc) is 2.43. The van der Waals surface area contributed by atoms with E-state index in [1.54, 1.807) is 0 Å². The number of aromatic nitrogens is 2. The topological polar surface area (TPSA) is 49.8 Å². The third-order valence-corrected chi connectivity index (χ3v) is 3.71. The van der Waals surface area contributed by atoms with Gasteiger partial charge in [0.05, 0.1) is 0 Å². The molecule has 21 heavy (non-hydrogen) atoms. The van der Waals surface area contributed by atoms with E-state index in [1.807, 2.05) is 19.1 Å². The Kier molecular flexibility index (Phi) is 4.78. The molecule has 0 fully saturated rings. The molecule has 0 spiro atoms. The maximum Gasteiger partial charge on any atom is 0.229 e. The number of rotatable bonds is 5. The number of hydrogen-bond acceptors (Lipinski definition) is 4. The van der Waals surface area contributed by atoms with Crippen molar-refractivity contribution in [2.75, 3.05) is 10.6 Å². The quantitative estimate of drug-likeness (QED) is 0.856. The molecule has 0 bridgehead atoms. The molecule has 2 N–H and O–H groups in total. The van der Waals surface area contributed by atoms with Crippen molar-refractivity contribution in [3.8, 4) is 0 Å². The van der Waals surface area contributed by atoms with Crippen molar-refractivity contribution in [1.82, 2.24) is 9.97 Å². The molecule has 112 valence electrons. The maximum absolute atomic E-state index is 4.55. The summed E-state index contributed by atoms with van der Waals surface area (Å²) in [7, 11) is 0. The van der Waals surface area contributed by atoms with Gasteiger partial charge in [-0.2, -0.15) is 4.98 Å². The van der Waals surface area contributed by atoms with Gasteiger partial charge in [-0.15, -0.1) is 0 Å². The molecule has 1 aromatic heterocycles. The van der Waals surface area contributed by atoms with Crippen LogP contribution in [0.25, 0.3) is 0 Å². The molecule has 0 radical (unpaired) electrons. The van der Waals surface area contributed by atoms with Crippen molar-refractivity contribution in [2.45, 2.75) is 47.1 Å². The molecule has 1 unspecified atom stereocenters. The highest BCUT2D eigenvalue weighted by Gasteiger charge is 2.07. The zero-order chi connectivity index (χ0) is 15.4. The lowest BCUT2D eigenvalue weighted by molar-refractivity contribution is 0.758. The molecule has 1 heterocycles. The average molecular weight is 284 g/mol. The van der Waals surface area contributed by atoms with Crippen LogP contribution >= 0.6 is 0 Å². The third kappa shape index (κ3) is 3.94. The second-order valence-corrected chi connectivity index (χ2v) is 5.54. The van der Waals surface area contributed by atoms with E-state index in [1.165, 1.54) is 11.1 Å². The van der Waals surface area contributed by atoms with Crippen molar-refractivity contribution in [3.05, 3.63) is 41.1 Å². The Labute approximate surface area is 127 Å². The van der Waals surface area contributed by atoms with Gasteiger partial charge in [0.15, 0.2) is 0 Å². The van der Waals surface area contributed by atoms with E-state index in [0.717, 1.165) is 23.6 Å². The second-order valence-electron chi connectivity index (χ2n) is 5.54. The fraction of sp³-hybridized carbons (Fsp3) is 0.412. The van der Waals surface area contributed by atoms with E-state index in [2.05, 4.69) is 60.4 Å². The number of hydrogen-bond donors (Lipinski definition) is 2. The standard InChI is InChI=1S/C17H24N4/c1-6-12(3)18-16-10-13(4)19-17(21-16)20-15-9-7-8-11(2)14(15)5/h7-10,12H,6H2,1-5H3,(H2,18,19,20,21). The highest BCUT2D eigenvalue weighted by atomic mass is 15.1. The molecule has 4 nitrogen and oxygen atoms in total. The fourth-order valence-corrected chi connectivity index (χ4v) is 2.06. The van der Waals surface area contributed by atoms with Gasteiger partial charge < -0.3 is 10.6 Å². The molecular formula is C17H24N4. The van der Waals surface area contributed by atoms with Crippen molar-refractivity contribution in [1.29, 1.82) is 0 Å². The van der Waals surface area contributed by atoms with E-state index < -0.39 is 0 Å². The smallest absolute Gasteiger partial charge is 0.229 e. The number of nitrogens with zero attached hydrogens (tertiary/aromatic N) is 2. The minimum atomic E-state index is 0.396. The summed E-state index contributed by atoms with van der Waals surface area (Å²) in [4.78, 5) is 9.03. The van der Waals surface area contributed by atoms with Crippen LogP contribution < -0.4 is 10.6 Å². The summed E-state index contributed by atoms with van der Waals surface area (Å²) in [5.74, 6) is 1.50. The summed E-state index contributed by atoms with van der Waals surface area (Å²) in [5, 5.41) is 6.72. The highest BCUT2D eigenvalue weighted by Crippen LogP contribution is 2.22. The fourth-order valence-electron chi connectivity index (χ4n) is 2.06. The van der Waals surface area contributed by atoms with Crippen molar-refractivity contribution in [2.24, 2.45) is 0 Å². The van der Waals surface area contributed by atoms with Gasteiger partial charge in [-0.1, -0.05) is 19.1 Å². The summed E-state index contributed by atoms with van der Waals surface area (Å²) in [6, 6.07) is 8.57. The lowest BCUT2D eigenvalue weighted by Gasteiger charge is -2.15. The summed E-state index contributed by atoms with van der Waals surface area (Å²) in [6.45, 7) is 10.5. The Balaban J connectivity index is 2.25. The zero-order valence-corrected chi connectivity index (χ0v) is 13.5. The van der Waals surface area contributed by atoms with E-state index in [4.69, 9.17) is 0 Å². The van der Waals surface area contributed by atoms with E-state index in [9.17, 15) is 0 Å². The predicted octanol–water partition coefficient (Wildman–Crippen LogP) is 4.36. The lowest BCUT2D eigenvalue weighted by Crippen LogP contribution is -2.15. The molecule has 4 heteroatoms. The first kappa shape index (κ1) is 15.3. The predicted molar refractivity (Wildman–Crippen MR) is 89.3 cm³/mol. The molecule has 2 aromatic rings. The Morgan fingerprint density at radius 1 is 1.14 bits per heavy atom. The zero-order valence-electron chi connectivity index (χ0n) is 13.5. The largest absolute Gasteiger partial charge is 0.367 e. The minimum absolute atomic E-state index is 0.396. The number of nitrogens with one attached hydrogen (secondary N) is 2. The van der Waals surface area contributed by atoms with Gasteiger partial charge in [0.25, 0.3) is 0 Å². The van der Waals surface area contributed by atoms with Crippen LogP contribution in [0.1, 0.15) is 37.1 Å². The maximum atomic E-state index is 4.55. The van der Waals surface area contributed by atoms with Crippen LogP contribution in [0, 0.1) is 20.8 Å². The minimum Gasteiger partial charge on any atom is -0.367 e. The molecule has 0 aliphatic carbocycles. The van der Waals surface area contributed by atoms with Crippen LogP contribution in [0.5, 0.6) is 0 Å². The molecule has 0 saturated carbocycles. The SMILES string of the molecule is CCC(C)Nc1cc(C)nc(Nc2cccc(C)c2C)n1. The molecule has 0 aliphatic rings. The summed E-state index contributed by atoms with van der Waals surface area (Å²) < 4.78 is 0. The van der Waals surface area contributed by atoms with Gasteiger partial charge >= 0.3 is 0 Å². The van der Waals surface area contributed by atoms with Crippen LogP contribution in [0.15, 0.2) is 24.3 Å². The van der Waals surface area contributed by atoms with Crippen LogP contribution in [0.2, 0.25) is 0 Å². The normalized spacial score (nSPS) is 12.0. The highest BCUT2D eigenvalue weighted by molar-refractivity contribution is 5.61. The van der Waals surface area contributed by atoms with Crippen LogP contribution in [-0.2, 0) is 0 Å². The Morgan fingerprint density at radius 2 is 1.90 bits per heavy atom. The molecular weight excluding hydrogens is 260 g/mol. The van der Waals surface area contributed by atoms with Crippen LogP contribution in [0.3, 0.4) is 0 Å². The molecule has 2 rings (SSSR count). The molecule has 0 saturated heterocycles. The number of aryl methyl sites for hydroxylation is 2. The van der Waals surface area contributed by atoms with Gasteiger partial charge in [0.1, 0.15) is 5.82 Å². The lowest BCUT2D eigenvalue weighted by atomic mass is 10.1. The molecule has 1 aromatic carbocycles. The first-order valence-corrected chi connectivity index (χ1v) is 7.45. The van der Waals surface area contributed by atoms with Gasteiger partial charge in [-0.3, -0.25) is 0 Å². The Morgan fingerprint density at radius 3 is 2.62 bits per heavy atom. The van der Waals surface area contributed by atoms with E-state index in [0.29, 0.717) is 12.0 Å². The van der Waals surface area contributed by atoms with Crippen molar-refractivity contribution < 1.29 is 0 Å². The van der Waals surface area contributed by atoms with E-state index in [-0.39, 0.29) is 0 Å². The molecule has 0 aliphatic heterocycles. The first-order chi connectivity index (χ1) is 9.99. The van der Waals surface area contributed by atoms with Gasteiger partial charge in [0.2, 0.25) is 5.95 Å². The Bertz CT molecular complexity index is 622. The summed E-state index contributed by atoms with van der Waals surface area (Å²) >= 11 is 0. The number of anilines is 3. The number of benzene rings is 1. The Hall–Kier alpha value is -2.10. The van der Waals surface area contributed by atoms with E-state index >= 15 is 0 Å². The third-order valence-electron chi connectivity index (χ3n) is 3.71. The summed E-state index contributed by atoms with van der Waals surface area (Å²) in [6.07, 6.45) is 1.06. The molecule has 1 atom stereocenters.